The Labute approximate surface area is 75.4 Å². The molecule has 1 fully saturated rings. The van der Waals surface area contributed by atoms with Crippen molar-refractivity contribution in [1.29, 1.82) is 0 Å². The zero-order valence-electron chi connectivity index (χ0n) is 6.75. The Morgan fingerprint density at radius 2 is 2.33 bits per heavy atom. The third kappa shape index (κ3) is 1.09. The molecule has 2 N–H and O–H groups in total. The molecule has 64 valence electrons. The van der Waals surface area contributed by atoms with Gasteiger partial charge in [-0.3, -0.25) is 4.79 Å². The first kappa shape index (κ1) is 7.95. The number of ketones is 1. The molecule has 0 unspecified atom stereocenters. The maximum Gasteiger partial charge on any atom is 0.192 e. The van der Waals surface area contributed by atoms with Crippen molar-refractivity contribution in [2.45, 2.75) is 24.8 Å². The smallest absolute Gasteiger partial charge is 0.192 e. The Hall–Kier alpha value is -0.670. The van der Waals surface area contributed by atoms with Crippen LogP contribution in [0.5, 0.6) is 0 Å². The van der Waals surface area contributed by atoms with Crippen LogP contribution < -0.4 is 5.73 Å². The van der Waals surface area contributed by atoms with E-state index in [1.54, 1.807) is 0 Å². The highest BCUT2D eigenvalue weighted by Crippen LogP contribution is 2.33. The number of nitrogens with two attached hydrogens (primary N) is 1. The van der Waals surface area contributed by atoms with E-state index in [0.29, 0.717) is 0 Å². The Morgan fingerprint density at radius 3 is 2.75 bits per heavy atom. The van der Waals surface area contributed by atoms with Crippen molar-refractivity contribution in [3.8, 4) is 0 Å². The minimum absolute atomic E-state index is 0.128. The fourth-order valence-corrected chi connectivity index (χ4v) is 2.21. The van der Waals surface area contributed by atoms with Gasteiger partial charge in [-0.1, -0.05) is 6.07 Å². The molecule has 1 saturated carbocycles. The van der Waals surface area contributed by atoms with Crippen LogP contribution in [0, 0.1) is 0 Å². The van der Waals surface area contributed by atoms with Gasteiger partial charge in [0.1, 0.15) is 0 Å². The predicted molar refractivity (Wildman–Crippen MR) is 49.4 cm³/mol. The van der Waals surface area contributed by atoms with E-state index in [2.05, 4.69) is 0 Å². The molecule has 0 aromatic carbocycles. The van der Waals surface area contributed by atoms with Gasteiger partial charge in [0.25, 0.3) is 0 Å². The van der Waals surface area contributed by atoms with Crippen molar-refractivity contribution in [3.63, 3.8) is 0 Å². The van der Waals surface area contributed by atoms with Gasteiger partial charge in [0.05, 0.1) is 10.4 Å². The molecule has 0 amide bonds. The van der Waals surface area contributed by atoms with Gasteiger partial charge in [0.2, 0.25) is 0 Å². The van der Waals surface area contributed by atoms with Crippen molar-refractivity contribution < 1.29 is 4.79 Å². The summed E-state index contributed by atoms with van der Waals surface area (Å²) < 4.78 is 0. The number of carbonyl (C=O) groups is 1. The van der Waals surface area contributed by atoms with Gasteiger partial charge >= 0.3 is 0 Å². The number of hydrogen-bond donors (Lipinski definition) is 1. The first-order chi connectivity index (χ1) is 5.72. The van der Waals surface area contributed by atoms with Gasteiger partial charge in [-0.15, -0.1) is 11.3 Å². The lowest BCUT2D eigenvalue weighted by molar-refractivity contribution is 0.0805. The van der Waals surface area contributed by atoms with E-state index in [1.807, 2.05) is 17.5 Å². The second-order valence-electron chi connectivity index (χ2n) is 3.32. The summed E-state index contributed by atoms with van der Waals surface area (Å²) in [6, 6.07) is 3.74. The van der Waals surface area contributed by atoms with E-state index in [0.717, 1.165) is 24.1 Å². The van der Waals surface area contributed by atoms with Crippen LogP contribution in [0.4, 0.5) is 0 Å². The monoisotopic (exact) mass is 181 g/mol. The first-order valence-electron chi connectivity index (χ1n) is 4.10. The van der Waals surface area contributed by atoms with Crippen molar-refractivity contribution in [2.24, 2.45) is 5.73 Å². The molecule has 0 aliphatic heterocycles. The highest BCUT2D eigenvalue weighted by Gasteiger charge is 2.40. The highest BCUT2D eigenvalue weighted by atomic mass is 32.1. The molecule has 0 radical (unpaired) electrons. The van der Waals surface area contributed by atoms with E-state index < -0.39 is 5.54 Å². The quantitative estimate of drug-likeness (QED) is 0.707. The summed E-state index contributed by atoms with van der Waals surface area (Å²) in [7, 11) is 0. The van der Waals surface area contributed by atoms with Gasteiger partial charge < -0.3 is 5.73 Å². The molecule has 1 aromatic rings. The van der Waals surface area contributed by atoms with Crippen molar-refractivity contribution in [1.82, 2.24) is 0 Å². The molecule has 0 atom stereocenters. The van der Waals surface area contributed by atoms with E-state index in [-0.39, 0.29) is 5.78 Å². The van der Waals surface area contributed by atoms with Crippen LogP contribution in [0.25, 0.3) is 0 Å². The minimum Gasteiger partial charge on any atom is -0.319 e. The molecule has 2 rings (SSSR count). The number of thiophene rings is 1. The summed E-state index contributed by atoms with van der Waals surface area (Å²) in [5, 5.41) is 1.91. The number of carbonyl (C=O) groups excluding carboxylic acids is 1. The third-order valence-electron chi connectivity index (χ3n) is 2.44. The first-order valence-corrected chi connectivity index (χ1v) is 4.97. The largest absolute Gasteiger partial charge is 0.319 e. The van der Waals surface area contributed by atoms with Gasteiger partial charge in [-0.05, 0) is 30.7 Å². The van der Waals surface area contributed by atoms with Crippen LogP contribution in [-0.4, -0.2) is 11.3 Å². The molecule has 1 aliphatic rings. The molecule has 0 saturated heterocycles. The number of Topliss-reactive ketones (excluding diaryl/α,β-unsaturated/α-hetero) is 1. The van der Waals surface area contributed by atoms with Gasteiger partial charge in [0, 0.05) is 0 Å². The lowest BCUT2D eigenvalue weighted by Crippen LogP contribution is -2.53. The van der Waals surface area contributed by atoms with Crippen LogP contribution in [0.15, 0.2) is 17.5 Å². The lowest BCUT2D eigenvalue weighted by atomic mass is 9.74. The Kier molecular flexibility index (Phi) is 1.77. The van der Waals surface area contributed by atoms with Crippen molar-refractivity contribution in [3.05, 3.63) is 22.4 Å². The predicted octanol–water partition coefficient (Wildman–Crippen LogP) is 1.81. The molecular weight excluding hydrogens is 170 g/mol. The number of rotatable bonds is 2. The maximum atomic E-state index is 11.7. The van der Waals surface area contributed by atoms with E-state index in [9.17, 15) is 4.79 Å². The fourth-order valence-electron chi connectivity index (χ4n) is 1.44. The van der Waals surface area contributed by atoms with Crippen molar-refractivity contribution >= 4 is 17.1 Å². The zero-order valence-corrected chi connectivity index (χ0v) is 7.56. The molecule has 1 aromatic heterocycles. The van der Waals surface area contributed by atoms with Crippen LogP contribution in [0.3, 0.4) is 0 Å². The second-order valence-corrected chi connectivity index (χ2v) is 4.26. The van der Waals surface area contributed by atoms with Crippen molar-refractivity contribution in [2.75, 3.05) is 0 Å². The minimum atomic E-state index is -0.523. The summed E-state index contributed by atoms with van der Waals surface area (Å²) >= 11 is 1.48. The van der Waals surface area contributed by atoms with Gasteiger partial charge in [0.15, 0.2) is 5.78 Å². The zero-order chi connectivity index (χ0) is 8.60. The topological polar surface area (TPSA) is 43.1 Å². The van der Waals surface area contributed by atoms with E-state index in [4.69, 9.17) is 5.73 Å². The molecule has 1 aliphatic carbocycles. The lowest BCUT2D eigenvalue weighted by Gasteiger charge is -2.35. The SMILES string of the molecule is NC1(C(=O)c2cccs2)CCC1. The molecule has 2 nitrogen and oxygen atoms in total. The molecule has 3 heteroatoms. The Morgan fingerprint density at radius 1 is 1.58 bits per heavy atom. The molecule has 1 heterocycles. The average Bonchev–Trinajstić information content (AvgIpc) is 2.50. The molecule has 0 spiro atoms. The van der Waals surface area contributed by atoms with E-state index in [1.165, 1.54) is 11.3 Å². The molecule has 12 heavy (non-hydrogen) atoms. The van der Waals surface area contributed by atoms with Crippen LogP contribution in [0.2, 0.25) is 0 Å². The fraction of sp³-hybridized carbons (Fsp3) is 0.444. The molecular formula is C9H11NOS. The van der Waals surface area contributed by atoms with Gasteiger partial charge in [-0.2, -0.15) is 0 Å². The van der Waals surface area contributed by atoms with Crippen LogP contribution in [-0.2, 0) is 0 Å². The average molecular weight is 181 g/mol. The normalized spacial score (nSPS) is 20.1. The Bertz CT molecular complexity index is 287. The third-order valence-corrected chi connectivity index (χ3v) is 3.31. The Balaban J connectivity index is 2.20. The molecule has 0 bridgehead atoms. The summed E-state index contributed by atoms with van der Waals surface area (Å²) in [6.45, 7) is 0. The number of hydrogen-bond acceptors (Lipinski definition) is 3. The second kappa shape index (κ2) is 2.68. The highest BCUT2D eigenvalue weighted by molar-refractivity contribution is 7.12. The maximum absolute atomic E-state index is 11.7. The summed E-state index contributed by atoms with van der Waals surface area (Å²) in [6.07, 6.45) is 2.79. The summed E-state index contributed by atoms with van der Waals surface area (Å²) in [5.74, 6) is 0.128. The van der Waals surface area contributed by atoms with Crippen LogP contribution in [0.1, 0.15) is 28.9 Å². The van der Waals surface area contributed by atoms with Gasteiger partial charge in [-0.25, -0.2) is 0 Å². The summed E-state index contributed by atoms with van der Waals surface area (Å²) in [4.78, 5) is 12.5. The van der Waals surface area contributed by atoms with Crippen LogP contribution >= 0.6 is 11.3 Å². The summed E-state index contributed by atoms with van der Waals surface area (Å²) in [5.41, 5.74) is 5.37. The standard InChI is InChI=1S/C9H11NOS/c10-9(4-2-5-9)8(11)7-3-1-6-12-7/h1,3,6H,2,4-5,10H2. The van der Waals surface area contributed by atoms with E-state index >= 15 is 0 Å².